The minimum absolute atomic E-state index is 0.535. The van der Waals surface area contributed by atoms with E-state index in [2.05, 4.69) is 11.1 Å². The predicted molar refractivity (Wildman–Crippen MR) is 112 cm³/mol. The van der Waals surface area contributed by atoms with Crippen LogP contribution in [-0.2, 0) is 9.53 Å². The third kappa shape index (κ3) is 3.51. The van der Waals surface area contributed by atoms with Gasteiger partial charge in [0.2, 0.25) is 0 Å². The second-order valence-corrected chi connectivity index (χ2v) is 8.47. The van der Waals surface area contributed by atoms with Gasteiger partial charge in [-0.2, -0.15) is 5.26 Å². The largest absolute Gasteiger partial charge is 0.461 e. The summed E-state index contributed by atoms with van der Waals surface area (Å²) in [5.74, 6) is -6.01. The van der Waals surface area contributed by atoms with E-state index in [0.29, 0.717) is 11.3 Å². The van der Waals surface area contributed by atoms with Crippen LogP contribution in [0.25, 0.3) is 17.2 Å². The Morgan fingerprint density at radius 3 is 2.68 bits per heavy atom. The topological polar surface area (TPSA) is 89.0 Å². The fraction of sp³-hybridized carbons (Fsp3) is 0.375. The van der Waals surface area contributed by atoms with Crippen molar-refractivity contribution in [2.75, 3.05) is 0 Å². The van der Waals surface area contributed by atoms with Crippen LogP contribution >= 0.6 is 0 Å². The van der Waals surface area contributed by atoms with Gasteiger partial charge >= 0.3 is 5.97 Å². The summed E-state index contributed by atoms with van der Waals surface area (Å²) in [6.45, 7) is 3.19. The molecule has 1 saturated carbocycles. The molecule has 1 aliphatic carbocycles. The molecule has 2 N–H and O–H groups in total. The van der Waals surface area contributed by atoms with Crippen LogP contribution in [0, 0.1) is 29.1 Å². The molecule has 0 spiro atoms. The summed E-state index contributed by atoms with van der Waals surface area (Å²) in [5.41, 5.74) is 7.18. The van der Waals surface area contributed by atoms with Crippen molar-refractivity contribution >= 4 is 12.0 Å². The van der Waals surface area contributed by atoms with Crippen LogP contribution in [0.2, 0.25) is 0 Å². The number of cyclic esters (lactones) is 1. The van der Waals surface area contributed by atoms with Crippen molar-refractivity contribution in [2.45, 2.75) is 37.8 Å². The zero-order valence-electron chi connectivity index (χ0n) is 17.3. The maximum atomic E-state index is 14.7. The van der Waals surface area contributed by atoms with Crippen LogP contribution in [0.5, 0.6) is 0 Å². The van der Waals surface area contributed by atoms with Crippen molar-refractivity contribution in [1.29, 1.82) is 5.26 Å². The molecule has 2 fully saturated rings. The molecular weight excluding hydrogens is 400 g/mol. The molecule has 0 amide bonds. The molecule has 7 heteroatoms. The van der Waals surface area contributed by atoms with Crippen molar-refractivity contribution < 1.29 is 18.3 Å². The minimum Gasteiger partial charge on any atom is -0.461 e. The molecule has 160 valence electrons. The molecule has 1 unspecified atom stereocenters. The van der Waals surface area contributed by atoms with E-state index < -0.39 is 47.7 Å². The second-order valence-electron chi connectivity index (χ2n) is 8.47. The number of nitriles is 1. The summed E-state index contributed by atoms with van der Waals surface area (Å²) in [6.07, 6.45) is 3.76. The fourth-order valence-electron chi connectivity index (χ4n) is 4.89. The number of hydrogen-bond donors (Lipinski definition) is 1. The molecule has 2 aromatic rings. The van der Waals surface area contributed by atoms with Crippen LogP contribution in [-0.4, -0.2) is 28.5 Å². The number of alkyl halides is 2. The smallest absolute Gasteiger partial charge is 0.327 e. The highest BCUT2D eigenvalue weighted by molar-refractivity contribution is 5.84. The lowest BCUT2D eigenvalue weighted by molar-refractivity contribution is -0.155. The molecule has 1 aromatic heterocycles. The van der Waals surface area contributed by atoms with Crippen molar-refractivity contribution in [3.05, 3.63) is 59.9 Å². The van der Waals surface area contributed by atoms with E-state index in [-0.39, 0.29) is 0 Å². The number of aromatic nitrogens is 1. The number of rotatable bonds is 3. The predicted octanol–water partition coefficient (Wildman–Crippen LogP) is 4.18. The quantitative estimate of drug-likeness (QED) is 0.748. The monoisotopic (exact) mass is 423 g/mol. The highest BCUT2D eigenvalue weighted by Gasteiger charge is 2.66. The summed E-state index contributed by atoms with van der Waals surface area (Å²) in [5, 5.41) is 9.28. The van der Waals surface area contributed by atoms with Crippen LogP contribution < -0.4 is 5.73 Å². The Bertz CT molecular complexity index is 1080. The van der Waals surface area contributed by atoms with Gasteiger partial charge in [0, 0.05) is 35.6 Å². The lowest BCUT2D eigenvalue weighted by Crippen LogP contribution is -2.62. The van der Waals surface area contributed by atoms with Crippen molar-refractivity contribution in [3.63, 3.8) is 0 Å². The van der Waals surface area contributed by atoms with Crippen molar-refractivity contribution in [2.24, 2.45) is 23.5 Å². The maximum absolute atomic E-state index is 14.7. The van der Waals surface area contributed by atoms with E-state index in [9.17, 15) is 18.8 Å². The Kier molecular flexibility index (Phi) is 5.14. The number of fused-ring (bicyclic) bond motifs is 1. The molecule has 2 heterocycles. The van der Waals surface area contributed by atoms with Gasteiger partial charge in [0.15, 0.2) is 0 Å². The average molecular weight is 423 g/mol. The standard InChI is InChI=1S/C24H23F2N3O2/c1-14-19(21-15(2)31-22(30)23(21,28)13-24(14,25)26)10-9-18-8-7-17(12-29-18)20-6-4-3-5-16(20)11-27/h3-10,12,14-15,19,21H,13,28H2,1-2H3/b10-9+/t14-,15+,19-,21?,23-/m0/s1. The SMILES string of the molecule is C[C@H]1OC(=O)[C@]2(N)CC(F)(F)[C@@H](C)[C@H](/C=C/c3ccc(-c4ccccc4C#N)cn3)C12. The van der Waals surface area contributed by atoms with Gasteiger partial charge in [0.05, 0.1) is 17.3 Å². The Morgan fingerprint density at radius 1 is 1.26 bits per heavy atom. The van der Waals surface area contributed by atoms with Gasteiger partial charge in [-0.3, -0.25) is 9.78 Å². The number of allylic oxidation sites excluding steroid dienone is 1. The minimum atomic E-state index is -3.08. The molecule has 31 heavy (non-hydrogen) atoms. The molecule has 5 atom stereocenters. The molecule has 1 aliphatic heterocycles. The van der Waals surface area contributed by atoms with Gasteiger partial charge in [-0.15, -0.1) is 0 Å². The molecule has 4 rings (SSSR count). The van der Waals surface area contributed by atoms with Crippen molar-refractivity contribution in [1.82, 2.24) is 4.98 Å². The average Bonchev–Trinajstić information content (AvgIpc) is 2.96. The van der Waals surface area contributed by atoms with E-state index >= 15 is 0 Å². The number of nitrogens with zero attached hydrogens (tertiary/aromatic N) is 2. The highest BCUT2D eigenvalue weighted by Crippen LogP contribution is 2.53. The first-order chi connectivity index (χ1) is 14.7. The Balaban J connectivity index is 1.62. The number of halogens is 2. The van der Waals surface area contributed by atoms with Gasteiger partial charge < -0.3 is 10.5 Å². The van der Waals surface area contributed by atoms with Crippen LogP contribution in [0.3, 0.4) is 0 Å². The third-order valence-electron chi connectivity index (χ3n) is 6.59. The lowest BCUT2D eigenvalue weighted by Gasteiger charge is -2.45. The number of ether oxygens (including phenoxy) is 1. The molecule has 1 saturated heterocycles. The number of nitrogens with two attached hydrogens (primary N) is 1. The first-order valence-electron chi connectivity index (χ1n) is 10.2. The van der Waals surface area contributed by atoms with Crippen LogP contribution in [0.4, 0.5) is 8.78 Å². The van der Waals surface area contributed by atoms with E-state index in [1.807, 2.05) is 18.2 Å². The van der Waals surface area contributed by atoms with E-state index in [4.69, 9.17) is 10.5 Å². The molecule has 2 aliphatic rings. The first kappa shape index (κ1) is 21.1. The number of hydrogen-bond acceptors (Lipinski definition) is 5. The fourth-order valence-corrected chi connectivity index (χ4v) is 4.89. The first-order valence-corrected chi connectivity index (χ1v) is 10.2. The summed E-state index contributed by atoms with van der Waals surface area (Å²) < 4.78 is 34.7. The zero-order chi connectivity index (χ0) is 22.4. The highest BCUT2D eigenvalue weighted by atomic mass is 19.3. The number of esters is 1. The van der Waals surface area contributed by atoms with E-state index in [0.717, 1.165) is 11.1 Å². The third-order valence-corrected chi connectivity index (χ3v) is 6.59. The van der Waals surface area contributed by atoms with Gasteiger partial charge in [-0.25, -0.2) is 8.78 Å². The summed E-state index contributed by atoms with van der Waals surface area (Å²) in [7, 11) is 0. The zero-order valence-corrected chi connectivity index (χ0v) is 17.3. The summed E-state index contributed by atoms with van der Waals surface area (Å²) in [4.78, 5) is 16.6. The Morgan fingerprint density at radius 2 is 2.00 bits per heavy atom. The number of benzene rings is 1. The number of carbonyl (C=O) groups is 1. The molecule has 1 aromatic carbocycles. The van der Waals surface area contributed by atoms with Crippen LogP contribution in [0.1, 0.15) is 31.5 Å². The van der Waals surface area contributed by atoms with Gasteiger partial charge in [0.1, 0.15) is 11.6 Å². The molecule has 5 nitrogen and oxygen atoms in total. The summed E-state index contributed by atoms with van der Waals surface area (Å²) in [6, 6.07) is 13.0. The molecule has 0 radical (unpaired) electrons. The molecular formula is C24H23F2N3O2. The van der Waals surface area contributed by atoms with Crippen LogP contribution in [0.15, 0.2) is 48.7 Å². The summed E-state index contributed by atoms with van der Waals surface area (Å²) >= 11 is 0. The van der Waals surface area contributed by atoms with Gasteiger partial charge in [-0.1, -0.05) is 37.3 Å². The second kappa shape index (κ2) is 7.54. The number of pyridine rings is 1. The van der Waals surface area contributed by atoms with Gasteiger partial charge in [0.25, 0.3) is 5.92 Å². The van der Waals surface area contributed by atoms with E-state index in [1.54, 1.807) is 43.5 Å². The lowest BCUT2D eigenvalue weighted by atomic mass is 9.61. The Hall–Kier alpha value is -3.11. The Labute approximate surface area is 179 Å². The number of carbonyl (C=O) groups excluding carboxylic acids is 1. The van der Waals surface area contributed by atoms with E-state index in [1.165, 1.54) is 6.92 Å². The van der Waals surface area contributed by atoms with Crippen molar-refractivity contribution in [3.8, 4) is 17.2 Å². The molecule has 0 bridgehead atoms. The normalized spacial score (nSPS) is 31.8. The van der Waals surface area contributed by atoms with Gasteiger partial charge in [-0.05, 0) is 31.1 Å². The maximum Gasteiger partial charge on any atom is 0.327 e.